The van der Waals surface area contributed by atoms with Gasteiger partial charge >= 0.3 is 11.9 Å². The number of rotatable bonds is 37. The first-order valence-electron chi connectivity index (χ1n) is 21.7. The van der Waals surface area contributed by atoms with E-state index in [1.807, 2.05) is 63.7 Å². The second-order valence-electron chi connectivity index (χ2n) is 15.2. The molecule has 0 fully saturated rings. The van der Waals surface area contributed by atoms with Crippen LogP contribution >= 0.6 is 7.82 Å². The van der Waals surface area contributed by atoms with Crippen LogP contribution in [0.25, 0.3) is 0 Å². The summed E-state index contributed by atoms with van der Waals surface area (Å²) in [5.41, 5.74) is 0. The summed E-state index contributed by atoms with van der Waals surface area (Å²) in [5.74, 6) is -1.01. The lowest BCUT2D eigenvalue weighted by Crippen LogP contribution is -2.37. The van der Waals surface area contributed by atoms with Crippen molar-refractivity contribution in [3.63, 3.8) is 0 Å². The predicted octanol–water partition coefficient (Wildman–Crippen LogP) is 10.7. The molecule has 0 aromatic rings. The summed E-state index contributed by atoms with van der Waals surface area (Å²) in [6, 6.07) is 0. The highest BCUT2D eigenvalue weighted by molar-refractivity contribution is 7.45. The fraction of sp³-hybridized carbons (Fsp3) is 0.583. The van der Waals surface area contributed by atoms with Crippen molar-refractivity contribution in [3.8, 4) is 0 Å². The molecule has 0 bridgehead atoms. The van der Waals surface area contributed by atoms with E-state index in [1.54, 1.807) is 0 Å². The number of carbonyl (C=O) groups excluding carboxylic acids is 2. The van der Waals surface area contributed by atoms with Crippen LogP contribution in [-0.2, 0) is 32.7 Å². The van der Waals surface area contributed by atoms with Crippen LogP contribution in [-0.4, -0.2) is 81.2 Å². The molecule has 1 unspecified atom stereocenters. The maximum atomic E-state index is 12.6. The highest BCUT2D eigenvalue weighted by Gasteiger charge is 2.21. The zero-order valence-electron chi connectivity index (χ0n) is 37.0. The van der Waals surface area contributed by atoms with Gasteiger partial charge < -0.3 is 33.0 Å². The molecule has 3 atom stereocenters. The number of aliphatic hydroxyl groups excluding tert-OH is 1. The lowest BCUT2D eigenvalue weighted by atomic mass is 10.1. The second kappa shape index (κ2) is 38.8. The van der Waals surface area contributed by atoms with Crippen molar-refractivity contribution in [3.05, 3.63) is 109 Å². The number of quaternary nitrogens is 1. The topological polar surface area (TPSA) is 131 Å². The maximum Gasteiger partial charge on any atom is 0.306 e. The van der Waals surface area contributed by atoms with Gasteiger partial charge in [-0.2, -0.15) is 0 Å². The Labute approximate surface area is 358 Å². The molecule has 0 aliphatic carbocycles. The van der Waals surface area contributed by atoms with E-state index >= 15 is 0 Å². The van der Waals surface area contributed by atoms with Gasteiger partial charge in [-0.05, 0) is 77.0 Å². The summed E-state index contributed by atoms with van der Waals surface area (Å²) in [6.45, 7) is 3.80. The summed E-state index contributed by atoms with van der Waals surface area (Å²) in [6.07, 6.45) is 48.9. The van der Waals surface area contributed by atoms with Gasteiger partial charge in [-0.1, -0.05) is 142 Å². The molecule has 334 valence electrons. The van der Waals surface area contributed by atoms with Gasteiger partial charge in [0.1, 0.15) is 19.8 Å². The van der Waals surface area contributed by atoms with Crippen molar-refractivity contribution in [2.75, 3.05) is 47.5 Å². The van der Waals surface area contributed by atoms with E-state index in [9.17, 15) is 24.2 Å². The molecule has 0 aliphatic heterocycles. The van der Waals surface area contributed by atoms with Crippen LogP contribution in [0.1, 0.15) is 123 Å². The van der Waals surface area contributed by atoms with E-state index in [0.29, 0.717) is 36.7 Å². The molecule has 0 spiro atoms. The number of aliphatic hydroxyl groups is 1. The molecule has 0 saturated heterocycles. The smallest absolute Gasteiger partial charge is 0.306 e. The van der Waals surface area contributed by atoms with E-state index in [4.69, 9.17) is 18.5 Å². The molecule has 0 aromatic heterocycles. The Morgan fingerprint density at radius 1 is 0.644 bits per heavy atom. The molecule has 59 heavy (non-hydrogen) atoms. The van der Waals surface area contributed by atoms with Crippen LogP contribution in [0.15, 0.2) is 109 Å². The molecule has 0 amide bonds. The van der Waals surface area contributed by atoms with Gasteiger partial charge in [-0.25, -0.2) is 0 Å². The molecule has 0 saturated carbocycles. The van der Waals surface area contributed by atoms with Crippen molar-refractivity contribution >= 4 is 19.8 Å². The number of likely N-dealkylation sites (N-methyl/N-ethyl adjacent to an activating group) is 1. The molecule has 1 N–H and O–H groups in total. The van der Waals surface area contributed by atoms with E-state index in [1.165, 1.54) is 0 Å². The van der Waals surface area contributed by atoms with Crippen molar-refractivity contribution in [2.24, 2.45) is 0 Å². The second-order valence-corrected chi connectivity index (χ2v) is 16.6. The quantitative estimate of drug-likeness (QED) is 0.0162. The number of nitrogens with zero attached hydrogens (tertiary/aromatic N) is 1. The molecule has 0 radical (unpaired) electrons. The molecule has 0 aromatic carbocycles. The summed E-state index contributed by atoms with van der Waals surface area (Å²) in [4.78, 5) is 37.5. The highest BCUT2D eigenvalue weighted by Crippen LogP contribution is 2.38. The van der Waals surface area contributed by atoms with Crippen LogP contribution in [0.2, 0.25) is 0 Å². The van der Waals surface area contributed by atoms with Crippen molar-refractivity contribution in [1.82, 2.24) is 0 Å². The van der Waals surface area contributed by atoms with Gasteiger partial charge in [0, 0.05) is 12.8 Å². The standard InChI is InChI=1S/C48H78NO9P/c1-6-8-10-11-12-13-14-15-16-17-18-19-22-26-29-32-36-40-48(52)58-46(44-57-59(53,54)56-42-41-49(3,4)5)43-55-47(51)39-35-31-28-25-23-20-21-24-27-30-34-38-45(50)37-33-9-7-2/h8,10,12-13,15-16,18-21,25-30,34,38,45-46,50H,6-7,9,11,14,17,22-24,31-33,35-37,39-44H2,1-5H3/b10-8-,13-12-,16-15-,19-18-,21-20-,28-25-,29-26-,30-27-,38-34+/t45-,46-/m1/s1. The number of allylic oxidation sites excluding steroid dienone is 17. The lowest BCUT2D eigenvalue weighted by molar-refractivity contribution is -0.870. The Balaban J connectivity index is 4.63. The summed E-state index contributed by atoms with van der Waals surface area (Å²) < 4.78 is 33.7. The number of phosphoric ester groups is 1. The largest absolute Gasteiger partial charge is 0.756 e. The molecule has 0 rings (SSSR count). The predicted molar refractivity (Wildman–Crippen MR) is 241 cm³/mol. The Morgan fingerprint density at radius 2 is 1.15 bits per heavy atom. The van der Waals surface area contributed by atoms with Gasteiger partial charge in [-0.15, -0.1) is 0 Å². The van der Waals surface area contributed by atoms with Crippen molar-refractivity contribution < 1.29 is 47.2 Å². The highest BCUT2D eigenvalue weighted by atomic mass is 31.2. The fourth-order valence-electron chi connectivity index (χ4n) is 4.97. The lowest BCUT2D eigenvalue weighted by Gasteiger charge is -2.28. The Morgan fingerprint density at radius 3 is 1.68 bits per heavy atom. The SMILES string of the molecule is CC/C=C\C/C=C\C/C=C\C/C=C\C/C=C\CCCC(=O)O[C@H](COC(=O)CCC/C=C\C/C=C\C/C=C\C=C\[C@H](O)CCCCC)COP(=O)([O-])OCC[N+](C)(C)C. The van der Waals surface area contributed by atoms with E-state index < -0.39 is 32.5 Å². The maximum absolute atomic E-state index is 12.6. The van der Waals surface area contributed by atoms with E-state index in [0.717, 1.165) is 70.6 Å². The fourth-order valence-corrected chi connectivity index (χ4v) is 5.70. The summed E-state index contributed by atoms with van der Waals surface area (Å²) in [7, 11) is 1.05. The Kier molecular flexibility index (Phi) is 36.6. The van der Waals surface area contributed by atoms with Gasteiger partial charge in [0.25, 0.3) is 7.82 Å². The zero-order valence-corrected chi connectivity index (χ0v) is 37.9. The third-order valence-corrected chi connectivity index (χ3v) is 9.35. The van der Waals surface area contributed by atoms with Crippen LogP contribution in [0.3, 0.4) is 0 Å². The Hall–Kier alpha value is -3.37. The first kappa shape index (κ1) is 55.6. The van der Waals surface area contributed by atoms with Crippen LogP contribution in [0.5, 0.6) is 0 Å². The molecular weight excluding hydrogens is 766 g/mol. The normalized spacial score (nSPS) is 15.2. The van der Waals surface area contributed by atoms with E-state index in [-0.39, 0.29) is 32.2 Å². The zero-order chi connectivity index (χ0) is 43.7. The average molecular weight is 844 g/mol. The van der Waals surface area contributed by atoms with Gasteiger partial charge in [0.2, 0.25) is 0 Å². The first-order chi connectivity index (χ1) is 28.4. The van der Waals surface area contributed by atoms with Crippen molar-refractivity contribution in [2.45, 2.75) is 135 Å². The number of phosphoric acid groups is 1. The van der Waals surface area contributed by atoms with Gasteiger partial charge in [-0.3, -0.25) is 14.2 Å². The monoisotopic (exact) mass is 844 g/mol. The molecular formula is C48H78NO9P. The molecule has 0 aliphatic rings. The van der Waals surface area contributed by atoms with Crippen LogP contribution in [0.4, 0.5) is 0 Å². The average Bonchev–Trinajstić information content (AvgIpc) is 3.18. The first-order valence-corrected chi connectivity index (χ1v) is 23.2. The number of unbranched alkanes of at least 4 members (excludes halogenated alkanes) is 4. The van der Waals surface area contributed by atoms with Gasteiger partial charge in [0.05, 0.1) is 33.9 Å². The number of carbonyl (C=O) groups is 2. The number of hydrogen-bond acceptors (Lipinski definition) is 9. The van der Waals surface area contributed by atoms with Gasteiger partial charge in [0.15, 0.2) is 6.10 Å². The Bertz CT molecular complexity index is 1380. The van der Waals surface area contributed by atoms with Crippen LogP contribution < -0.4 is 4.89 Å². The molecule has 0 heterocycles. The third-order valence-electron chi connectivity index (χ3n) is 8.38. The summed E-state index contributed by atoms with van der Waals surface area (Å²) in [5, 5.41) is 9.90. The minimum absolute atomic E-state index is 0.0643. The third kappa shape index (κ3) is 42.6. The number of esters is 2. The summed E-state index contributed by atoms with van der Waals surface area (Å²) >= 11 is 0. The van der Waals surface area contributed by atoms with Crippen LogP contribution in [0, 0.1) is 0 Å². The van der Waals surface area contributed by atoms with E-state index in [2.05, 4.69) is 80.7 Å². The number of hydrogen-bond donors (Lipinski definition) is 1. The number of ether oxygens (including phenoxy) is 2. The molecule has 10 nitrogen and oxygen atoms in total. The minimum Gasteiger partial charge on any atom is -0.756 e. The minimum atomic E-state index is -4.67. The molecule has 11 heteroatoms. The van der Waals surface area contributed by atoms with Crippen molar-refractivity contribution in [1.29, 1.82) is 0 Å².